The van der Waals surface area contributed by atoms with Gasteiger partial charge in [-0.05, 0) is 32.9 Å². The van der Waals surface area contributed by atoms with Gasteiger partial charge in [-0.15, -0.1) is 0 Å². The van der Waals surface area contributed by atoms with Gasteiger partial charge >= 0.3 is 5.97 Å². The molecule has 1 unspecified atom stereocenters. The average Bonchev–Trinajstić information content (AvgIpc) is 2.51. The first-order valence-electron chi connectivity index (χ1n) is 4.42. The van der Waals surface area contributed by atoms with Gasteiger partial charge in [0.05, 0.1) is 6.26 Å². The van der Waals surface area contributed by atoms with Crippen LogP contribution in [0.5, 0.6) is 0 Å². The van der Waals surface area contributed by atoms with Crippen LogP contribution in [0.25, 0.3) is 0 Å². The minimum Gasteiger partial charge on any atom is -0.467 e. The zero-order valence-electron chi connectivity index (χ0n) is 8.61. The van der Waals surface area contributed by atoms with E-state index in [-0.39, 0.29) is 0 Å². The molecule has 1 aromatic rings. The van der Waals surface area contributed by atoms with Crippen molar-refractivity contribution in [2.75, 3.05) is 0 Å². The van der Waals surface area contributed by atoms with Gasteiger partial charge in [0.15, 0.2) is 6.04 Å². The maximum atomic E-state index is 11.4. The third-order valence-corrected chi connectivity index (χ3v) is 1.51. The Labute approximate surface area is 83.0 Å². The lowest BCUT2D eigenvalue weighted by Crippen LogP contribution is -2.31. The smallest absolute Gasteiger partial charge is 0.331 e. The molecule has 1 heterocycles. The van der Waals surface area contributed by atoms with Gasteiger partial charge in [0.25, 0.3) is 0 Å². The van der Waals surface area contributed by atoms with Crippen molar-refractivity contribution in [2.24, 2.45) is 5.73 Å². The summed E-state index contributed by atoms with van der Waals surface area (Å²) in [6.07, 6.45) is 1.47. The van der Waals surface area contributed by atoms with E-state index < -0.39 is 17.6 Å². The Balaban J connectivity index is 2.63. The van der Waals surface area contributed by atoms with E-state index in [9.17, 15) is 4.79 Å². The molecule has 0 bridgehead atoms. The lowest BCUT2D eigenvalue weighted by atomic mass is 10.2. The number of rotatable bonds is 2. The first-order valence-corrected chi connectivity index (χ1v) is 4.42. The number of esters is 1. The Bertz CT molecular complexity index is 298. The summed E-state index contributed by atoms with van der Waals surface area (Å²) in [7, 11) is 0. The monoisotopic (exact) mass is 197 g/mol. The van der Waals surface area contributed by atoms with Crippen LogP contribution in [-0.2, 0) is 9.53 Å². The molecule has 4 nitrogen and oxygen atoms in total. The molecule has 1 atom stereocenters. The molecule has 0 radical (unpaired) electrons. The molecule has 0 saturated carbocycles. The molecule has 0 aromatic carbocycles. The summed E-state index contributed by atoms with van der Waals surface area (Å²) in [5.41, 5.74) is 5.10. The largest absolute Gasteiger partial charge is 0.467 e. The fourth-order valence-electron chi connectivity index (χ4n) is 0.950. The van der Waals surface area contributed by atoms with Gasteiger partial charge in [0.2, 0.25) is 0 Å². The molecule has 78 valence electrons. The summed E-state index contributed by atoms with van der Waals surface area (Å²) in [5.74, 6) is -0.0632. The maximum absolute atomic E-state index is 11.4. The molecule has 2 N–H and O–H groups in total. The first-order chi connectivity index (χ1) is 6.40. The predicted molar refractivity (Wildman–Crippen MR) is 51.5 cm³/mol. The lowest BCUT2D eigenvalue weighted by molar-refractivity contribution is -0.157. The predicted octanol–water partition coefficient (Wildman–Crippen LogP) is 1.62. The molecular formula is C10H15NO3. The summed E-state index contributed by atoms with van der Waals surface area (Å²) < 4.78 is 10.1. The summed E-state index contributed by atoms with van der Waals surface area (Å²) >= 11 is 0. The quantitative estimate of drug-likeness (QED) is 0.731. The number of furan rings is 1. The van der Waals surface area contributed by atoms with Crippen molar-refractivity contribution in [3.05, 3.63) is 24.2 Å². The van der Waals surface area contributed by atoms with E-state index in [2.05, 4.69) is 0 Å². The molecule has 0 saturated heterocycles. The second-order valence-electron chi connectivity index (χ2n) is 4.03. The maximum Gasteiger partial charge on any atom is 0.331 e. The highest BCUT2D eigenvalue weighted by molar-refractivity contribution is 5.76. The van der Waals surface area contributed by atoms with E-state index in [0.29, 0.717) is 5.76 Å². The van der Waals surface area contributed by atoms with E-state index in [4.69, 9.17) is 14.9 Å². The van der Waals surface area contributed by atoms with Crippen molar-refractivity contribution in [3.8, 4) is 0 Å². The third kappa shape index (κ3) is 2.88. The van der Waals surface area contributed by atoms with Gasteiger partial charge in [-0.2, -0.15) is 0 Å². The summed E-state index contributed by atoms with van der Waals surface area (Å²) in [5, 5.41) is 0. The van der Waals surface area contributed by atoms with Crippen LogP contribution in [0.3, 0.4) is 0 Å². The summed E-state index contributed by atoms with van der Waals surface area (Å²) in [6, 6.07) is 2.48. The molecule has 0 aliphatic heterocycles. The third-order valence-electron chi connectivity index (χ3n) is 1.51. The molecular weight excluding hydrogens is 182 g/mol. The van der Waals surface area contributed by atoms with E-state index in [0.717, 1.165) is 0 Å². The summed E-state index contributed by atoms with van der Waals surface area (Å²) in [4.78, 5) is 11.4. The molecule has 1 rings (SSSR count). The van der Waals surface area contributed by atoms with Crippen LogP contribution in [0, 0.1) is 0 Å². The van der Waals surface area contributed by atoms with Gasteiger partial charge in [-0.1, -0.05) is 0 Å². The molecule has 0 fully saturated rings. The van der Waals surface area contributed by atoms with Crippen LogP contribution >= 0.6 is 0 Å². The topological polar surface area (TPSA) is 65.5 Å². The zero-order chi connectivity index (χ0) is 10.8. The lowest BCUT2D eigenvalue weighted by Gasteiger charge is -2.21. The Morgan fingerprint density at radius 2 is 2.21 bits per heavy atom. The van der Waals surface area contributed by atoms with Gasteiger partial charge in [-0.25, -0.2) is 4.79 Å². The number of hydrogen-bond acceptors (Lipinski definition) is 4. The molecule has 0 aliphatic rings. The highest BCUT2D eigenvalue weighted by atomic mass is 16.6. The van der Waals surface area contributed by atoms with E-state index in [1.807, 2.05) is 0 Å². The van der Waals surface area contributed by atoms with Crippen LogP contribution in [0.4, 0.5) is 0 Å². The van der Waals surface area contributed by atoms with Gasteiger partial charge < -0.3 is 14.9 Å². The van der Waals surface area contributed by atoms with Crippen molar-refractivity contribution in [3.63, 3.8) is 0 Å². The fourth-order valence-corrected chi connectivity index (χ4v) is 0.950. The average molecular weight is 197 g/mol. The first kappa shape index (κ1) is 10.8. The Morgan fingerprint density at radius 3 is 2.64 bits per heavy atom. The van der Waals surface area contributed by atoms with Crippen molar-refractivity contribution in [2.45, 2.75) is 32.4 Å². The number of carbonyl (C=O) groups is 1. The highest BCUT2D eigenvalue weighted by Crippen LogP contribution is 2.16. The standard InChI is InChI=1S/C10H15NO3/c1-10(2,3)14-9(12)8(11)7-5-4-6-13-7/h4-6,8H,11H2,1-3H3. The van der Waals surface area contributed by atoms with Crippen molar-refractivity contribution >= 4 is 5.97 Å². The van der Waals surface area contributed by atoms with Gasteiger partial charge in [-0.3, -0.25) is 0 Å². The van der Waals surface area contributed by atoms with Crippen molar-refractivity contribution in [1.29, 1.82) is 0 Å². The Morgan fingerprint density at radius 1 is 1.57 bits per heavy atom. The fraction of sp³-hybridized carbons (Fsp3) is 0.500. The number of carbonyl (C=O) groups excluding carboxylic acids is 1. The molecule has 14 heavy (non-hydrogen) atoms. The van der Waals surface area contributed by atoms with Crippen LogP contribution < -0.4 is 5.73 Å². The molecule has 0 amide bonds. The number of hydrogen-bond donors (Lipinski definition) is 1. The van der Waals surface area contributed by atoms with E-state index in [1.165, 1.54) is 6.26 Å². The van der Waals surface area contributed by atoms with Crippen molar-refractivity contribution in [1.82, 2.24) is 0 Å². The number of ether oxygens (including phenoxy) is 1. The second kappa shape index (κ2) is 3.84. The van der Waals surface area contributed by atoms with Crippen molar-refractivity contribution < 1.29 is 13.9 Å². The highest BCUT2D eigenvalue weighted by Gasteiger charge is 2.24. The molecule has 0 aliphatic carbocycles. The second-order valence-corrected chi connectivity index (χ2v) is 4.03. The molecule has 0 spiro atoms. The van der Waals surface area contributed by atoms with Crippen LogP contribution in [0.1, 0.15) is 32.6 Å². The van der Waals surface area contributed by atoms with E-state index in [1.54, 1.807) is 32.9 Å². The van der Waals surface area contributed by atoms with Crippen LogP contribution in [-0.4, -0.2) is 11.6 Å². The Hall–Kier alpha value is -1.29. The molecule has 1 aromatic heterocycles. The van der Waals surface area contributed by atoms with Gasteiger partial charge in [0.1, 0.15) is 11.4 Å². The zero-order valence-corrected chi connectivity index (χ0v) is 8.61. The summed E-state index contributed by atoms with van der Waals surface area (Å²) in [6.45, 7) is 5.37. The normalized spacial score (nSPS) is 13.7. The van der Waals surface area contributed by atoms with Gasteiger partial charge in [0, 0.05) is 0 Å². The number of nitrogens with two attached hydrogens (primary N) is 1. The molecule has 4 heteroatoms. The van der Waals surface area contributed by atoms with Crippen LogP contribution in [0.2, 0.25) is 0 Å². The minimum absolute atomic E-state index is 0.416. The minimum atomic E-state index is -0.843. The van der Waals surface area contributed by atoms with Crippen LogP contribution in [0.15, 0.2) is 22.8 Å². The van der Waals surface area contributed by atoms with E-state index >= 15 is 0 Å². The SMILES string of the molecule is CC(C)(C)OC(=O)C(N)c1ccco1. The Kier molecular flexibility index (Phi) is 2.96.